The van der Waals surface area contributed by atoms with Crippen molar-refractivity contribution < 1.29 is 18.4 Å². The third-order valence-corrected chi connectivity index (χ3v) is 12.2. The van der Waals surface area contributed by atoms with Gasteiger partial charge in [0.25, 0.3) is 12.3 Å². The molecular formula is C39H46F2N10O2. The maximum absolute atomic E-state index is 14.7. The minimum absolute atomic E-state index is 0.00200. The minimum atomic E-state index is -2.64. The molecule has 5 aliphatic rings. The monoisotopic (exact) mass is 724 g/mol. The number of carbonyl (C=O) groups is 2. The predicted octanol–water partition coefficient (Wildman–Crippen LogP) is 5.15. The zero-order valence-electron chi connectivity index (χ0n) is 30.4. The number of benzene rings is 1. The van der Waals surface area contributed by atoms with Crippen molar-refractivity contribution in [2.24, 2.45) is 7.05 Å². The highest BCUT2D eigenvalue weighted by Gasteiger charge is 2.36. The van der Waals surface area contributed by atoms with Crippen molar-refractivity contribution in [3.8, 4) is 11.1 Å². The molecule has 0 radical (unpaired) electrons. The van der Waals surface area contributed by atoms with Gasteiger partial charge >= 0.3 is 0 Å². The van der Waals surface area contributed by atoms with Crippen LogP contribution in [-0.4, -0.2) is 91.5 Å². The van der Waals surface area contributed by atoms with E-state index in [9.17, 15) is 18.4 Å². The van der Waals surface area contributed by atoms with E-state index in [0.717, 1.165) is 105 Å². The van der Waals surface area contributed by atoms with Gasteiger partial charge in [0.15, 0.2) is 5.82 Å². The first-order chi connectivity index (χ1) is 25.7. The van der Waals surface area contributed by atoms with Gasteiger partial charge in [-0.1, -0.05) is 0 Å². The van der Waals surface area contributed by atoms with E-state index in [1.165, 1.54) is 5.69 Å². The summed E-state index contributed by atoms with van der Waals surface area (Å²) in [5.41, 5.74) is 6.77. The molecule has 8 heterocycles. The normalized spacial score (nSPS) is 19.8. The summed E-state index contributed by atoms with van der Waals surface area (Å²) in [7, 11) is 1.79. The molecule has 278 valence electrons. The molecule has 1 aromatic carbocycles. The van der Waals surface area contributed by atoms with Crippen molar-refractivity contribution in [2.45, 2.75) is 83.5 Å². The Kier molecular flexibility index (Phi) is 8.67. The average Bonchev–Trinajstić information content (AvgIpc) is 3.90. The van der Waals surface area contributed by atoms with Crippen LogP contribution in [-0.2, 0) is 37.8 Å². The van der Waals surface area contributed by atoms with Gasteiger partial charge in [-0.2, -0.15) is 10.2 Å². The summed E-state index contributed by atoms with van der Waals surface area (Å²) in [4.78, 5) is 38.4. The second-order valence-electron chi connectivity index (χ2n) is 15.2. The lowest BCUT2D eigenvalue weighted by atomic mass is 9.92. The number of pyridine rings is 1. The number of anilines is 3. The molecule has 0 bridgehead atoms. The number of carbonyl (C=O) groups excluding carboxylic acids is 2. The smallest absolute Gasteiger partial charge is 0.264 e. The molecule has 5 aliphatic heterocycles. The van der Waals surface area contributed by atoms with Gasteiger partial charge in [-0.05, 0) is 73.9 Å². The van der Waals surface area contributed by atoms with Crippen molar-refractivity contribution in [2.75, 3.05) is 49.1 Å². The lowest BCUT2D eigenvalue weighted by Crippen LogP contribution is -2.48. The maximum Gasteiger partial charge on any atom is 0.264 e. The molecule has 0 atom stereocenters. The second-order valence-corrected chi connectivity index (χ2v) is 15.2. The Morgan fingerprint density at radius 3 is 2.49 bits per heavy atom. The number of rotatable bonds is 6. The van der Waals surface area contributed by atoms with Crippen LogP contribution in [0.3, 0.4) is 0 Å². The highest BCUT2D eigenvalue weighted by Crippen LogP contribution is 2.44. The Bertz CT molecular complexity index is 2060. The van der Waals surface area contributed by atoms with Crippen molar-refractivity contribution in [1.82, 2.24) is 39.7 Å². The summed E-state index contributed by atoms with van der Waals surface area (Å²) in [6.45, 7) is 7.78. The number of hydrogen-bond acceptors (Lipinski definition) is 8. The Morgan fingerprint density at radius 1 is 0.962 bits per heavy atom. The first-order valence-electron chi connectivity index (χ1n) is 19.1. The van der Waals surface area contributed by atoms with Crippen LogP contribution in [0.2, 0.25) is 0 Å². The Hall–Kier alpha value is -4.85. The number of alkyl halides is 2. The van der Waals surface area contributed by atoms with Gasteiger partial charge in [0.1, 0.15) is 5.82 Å². The minimum Gasteiger partial charge on any atom is -0.356 e. The molecule has 2 fully saturated rings. The molecule has 0 saturated carbocycles. The highest BCUT2D eigenvalue weighted by molar-refractivity contribution is 5.97. The van der Waals surface area contributed by atoms with Crippen molar-refractivity contribution >= 4 is 29.1 Å². The first kappa shape index (κ1) is 34.0. The van der Waals surface area contributed by atoms with E-state index in [2.05, 4.69) is 29.8 Å². The zero-order chi connectivity index (χ0) is 36.4. The summed E-state index contributed by atoms with van der Waals surface area (Å²) < 4.78 is 33.2. The highest BCUT2D eigenvalue weighted by atomic mass is 19.3. The van der Waals surface area contributed by atoms with Crippen LogP contribution in [0, 0.1) is 0 Å². The van der Waals surface area contributed by atoms with Gasteiger partial charge in [-0.25, -0.2) is 13.8 Å². The molecule has 0 aliphatic carbocycles. The fourth-order valence-electron chi connectivity index (χ4n) is 9.30. The molecule has 9 rings (SSSR count). The van der Waals surface area contributed by atoms with Gasteiger partial charge in [-0.3, -0.25) is 19.0 Å². The molecule has 3 aromatic heterocycles. The summed E-state index contributed by atoms with van der Waals surface area (Å²) in [6, 6.07) is 8.22. The van der Waals surface area contributed by atoms with Crippen LogP contribution in [0.5, 0.6) is 0 Å². The molecule has 4 aromatic rings. The Morgan fingerprint density at radius 2 is 1.75 bits per heavy atom. The van der Waals surface area contributed by atoms with Crippen LogP contribution in [0.15, 0.2) is 36.7 Å². The number of hydrogen-bond donors (Lipinski definition) is 1. The summed E-state index contributed by atoms with van der Waals surface area (Å²) in [5.74, 6) is 1.75. The number of piperidine rings is 2. The maximum atomic E-state index is 14.7. The SMILES string of the molecule is CC(=O)N1CCc2c(c(N3CCCc4cc(-c5cnn(C)c5)c(C(F)F)cc43)nn2C2CCN(C3CCN(c4ccc5c(n4)CNC5=O)CC3)CC2)C1. The topological polar surface area (TPSA) is 108 Å². The van der Waals surface area contributed by atoms with Gasteiger partial charge in [0.2, 0.25) is 5.91 Å². The van der Waals surface area contributed by atoms with Gasteiger partial charge in [0.05, 0.1) is 36.6 Å². The molecule has 2 amide bonds. The van der Waals surface area contributed by atoms with Crippen LogP contribution < -0.4 is 15.1 Å². The van der Waals surface area contributed by atoms with Gasteiger partial charge in [-0.15, -0.1) is 0 Å². The summed E-state index contributed by atoms with van der Waals surface area (Å²) >= 11 is 0. The molecule has 0 unspecified atom stereocenters. The Balaban J connectivity index is 0.944. The molecule has 2 saturated heterocycles. The van der Waals surface area contributed by atoms with Gasteiger partial charge < -0.3 is 24.9 Å². The van der Waals surface area contributed by atoms with E-state index >= 15 is 0 Å². The number of aromatic nitrogens is 5. The molecule has 14 heteroatoms. The van der Waals surface area contributed by atoms with Crippen LogP contribution in [0.1, 0.15) is 89.9 Å². The van der Waals surface area contributed by atoms with E-state index in [1.54, 1.807) is 37.1 Å². The second kappa shape index (κ2) is 13.5. The lowest BCUT2D eigenvalue weighted by Gasteiger charge is -2.42. The fraction of sp³-hybridized carbons (Fsp3) is 0.513. The molecule has 1 N–H and O–H groups in total. The number of amides is 2. The zero-order valence-corrected chi connectivity index (χ0v) is 30.4. The van der Waals surface area contributed by atoms with E-state index in [0.29, 0.717) is 48.9 Å². The Labute approximate surface area is 307 Å². The number of likely N-dealkylation sites (tertiary alicyclic amines) is 1. The van der Waals surface area contributed by atoms with E-state index in [1.807, 2.05) is 23.1 Å². The number of nitrogens with one attached hydrogen (secondary N) is 1. The standard InChI is InChI=1S/C39H46F2N10O2/c1-24(52)49-17-11-34-32(23-49)38(50-12-3-4-25-18-30(26-20-43-46(2)22-26)31(37(40)41)19-35(25)50)45-51(34)28-9-13-47(14-10-28)27-7-15-48(16-8-27)36-6-5-29-33(44-36)21-42-39(29)53/h5-6,18-20,22,27-28,37H,3-4,7-17,21,23H2,1-2H3,(H,42,53). The van der Waals surface area contributed by atoms with E-state index in [-0.39, 0.29) is 23.4 Å². The van der Waals surface area contributed by atoms with E-state index in [4.69, 9.17) is 10.1 Å². The van der Waals surface area contributed by atoms with Crippen molar-refractivity contribution in [3.05, 3.63) is 70.3 Å². The lowest BCUT2D eigenvalue weighted by molar-refractivity contribution is -0.129. The number of nitrogens with zero attached hydrogens (tertiary/aromatic N) is 9. The quantitative estimate of drug-likeness (QED) is 0.291. The van der Waals surface area contributed by atoms with Crippen molar-refractivity contribution in [3.63, 3.8) is 0 Å². The summed E-state index contributed by atoms with van der Waals surface area (Å²) in [6.07, 6.45) is 7.30. The fourth-order valence-corrected chi connectivity index (χ4v) is 9.30. The number of aryl methyl sites for hydroxylation is 2. The average molecular weight is 725 g/mol. The van der Waals surface area contributed by atoms with E-state index < -0.39 is 6.43 Å². The van der Waals surface area contributed by atoms with Crippen LogP contribution in [0.4, 0.5) is 26.1 Å². The van der Waals surface area contributed by atoms with Crippen molar-refractivity contribution in [1.29, 1.82) is 0 Å². The molecule has 53 heavy (non-hydrogen) atoms. The van der Waals surface area contributed by atoms with Crippen LogP contribution >= 0.6 is 0 Å². The number of fused-ring (bicyclic) bond motifs is 3. The summed E-state index contributed by atoms with van der Waals surface area (Å²) in [5, 5.41) is 12.4. The molecule has 0 spiro atoms. The van der Waals surface area contributed by atoms with Gasteiger partial charge in [0, 0.05) is 100.0 Å². The third kappa shape index (κ3) is 6.14. The molecular weight excluding hydrogens is 678 g/mol. The largest absolute Gasteiger partial charge is 0.356 e. The molecule has 12 nitrogen and oxygen atoms in total. The number of halogens is 2. The first-order valence-corrected chi connectivity index (χ1v) is 19.1. The predicted molar refractivity (Wildman–Crippen MR) is 196 cm³/mol. The third-order valence-electron chi connectivity index (χ3n) is 12.2. The van der Waals surface area contributed by atoms with Crippen LogP contribution in [0.25, 0.3) is 11.1 Å².